The van der Waals surface area contributed by atoms with Gasteiger partial charge >= 0.3 is 5.97 Å². The summed E-state index contributed by atoms with van der Waals surface area (Å²) in [5.41, 5.74) is 6.71. The van der Waals surface area contributed by atoms with E-state index < -0.39 is 12.0 Å². The molecule has 0 aliphatic carbocycles. The maximum Gasteiger partial charge on any atom is 0.323 e. The monoisotopic (exact) mass is 291 g/mol. The van der Waals surface area contributed by atoms with Gasteiger partial charge in [0.15, 0.2) is 0 Å². The van der Waals surface area contributed by atoms with Crippen molar-refractivity contribution in [2.24, 2.45) is 5.73 Å². The van der Waals surface area contributed by atoms with E-state index in [2.05, 4.69) is 0 Å². The number of phenols is 1. The van der Waals surface area contributed by atoms with Crippen LogP contribution in [0.15, 0.2) is 41.8 Å². The molecule has 0 fully saturated rings. The fraction of sp³-hybridized carbons (Fsp3) is 0.267. The van der Waals surface area contributed by atoms with Crippen molar-refractivity contribution < 1.29 is 14.6 Å². The van der Waals surface area contributed by atoms with Crippen LogP contribution in [-0.4, -0.2) is 23.7 Å². The molecule has 1 heterocycles. The van der Waals surface area contributed by atoms with Crippen LogP contribution in [0.4, 0.5) is 0 Å². The minimum atomic E-state index is -0.678. The number of ether oxygens (including phenoxy) is 1. The summed E-state index contributed by atoms with van der Waals surface area (Å²) < 4.78 is 5.17. The van der Waals surface area contributed by atoms with Crippen LogP contribution < -0.4 is 5.73 Å². The molecule has 0 saturated heterocycles. The van der Waals surface area contributed by atoms with Crippen LogP contribution in [0.25, 0.3) is 0 Å². The highest BCUT2D eigenvalue weighted by Gasteiger charge is 2.15. The molecule has 2 rings (SSSR count). The summed E-state index contributed by atoms with van der Waals surface area (Å²) in [5, 5.41) is 11.2. The quantitative estimate of drug-likeness (QED) is 0.800. The number of carbonyl (C=O) groups excluding carboxylic acids is 1. The van der Waals surface area contributed by atoms with Crippen molar-refractivity contribution in [2.45, 2.75) is 18.9 Å². The first-order valence-electron chi connectivity index (χ1n) is 6.37. The van der Waals surface area contributed by atoms with Crippen LogP contribution in [-0.2, 0) is 22.4 Å². The third-order valence-electron chi connectivity index (χ3n) is 2.87. The van der Waals surface area contributed by atoms with Gasteiger partial charge in [0.2, 0.25) is 0 Å². The molecule has 1 unspecified atom stereocenters. The van der Waals surface area contributed by atoms with Crippen LogP contribution in [0.2, 0.25) is 0 Å². The van der Waals surface area contributed by atoms with Crippen molar-refractivity contribution in [3.05, 3.63) is 52.2 Å². The van der Waals surface area contributed by atoms with Crippen molar-refractivity contribution in [3.63, 3.8) is 0 Å². The van der Waals surface area contributed by atoms with Gasteiger partial charge in [0.1, 0.15) is 11.8 Å². The third kappa shape index (κ3) is 4.36. The van der Waals surface area contributed by atoms with Crippen molar-refractivity contribution in [1.82, 2.24) is 0 Å². The molecule has 1 aromatic heterocycles. The Morgan fingerprint density at radius 3 is 2.70 bits per heavy atom. The van der Waals surface area contributed by atoms with Gasteiger partial charge in [-0.15, -0.1) is 11.3 Å². The SMILES string of the molecule is NC(Cc1ccc(O)cc1)C(=O)OCCc1cccs1. The number of aromatic hydroxyl groups is 1. The van der Waals surface area contributed by atoms with Crippen molar-refractivity contribution in [1.29, 1.82) is 0 Å². The maximum atomic E-state index is 11.7. The van der Waals surface area contributed by atoms with Gasteiger partial charge in [-0.3, -0.25) is 4.79 Å². The number of benzene rings is 1. The van der Waals surface area contributed by atoms with Crippen LogP contribution in [0, 0.1) is 0 Å². The number of hydrogen-bond donors (Lipinski definition) is 2. The highest BCUT2D eigenvalue weighted by Crippen LogP contribution is 2.12. The first-order valence-corrected chi connectivity index (χ1v) is 7.25. The average Bonchev–Trinajstić information content (AvgIpc) is 2.94. The largest absolute Gasteiger partial charge is 0.508 e. The Hall–Kier alpha value is -1.85. The van der Waals surface area contributed by atoms with Crippen LogP contribution in [0.5, 0.6) is 5.75 Å². The van der Waals surface area contributed by atoms with Crippen LogP contribution in [0.1, 0.15) is 10.4 Å². The molecule has 1 atom stereocenters. The van der Waals surface area contributed by atoms with E-state index in [-0.39, 0.29) is 5.75 Å². The van der Waals surface area contributed by atoms with Gasteiger partial charge in [-0.2, -0.15) is 0 Å². The Balaban J connectivity index is 1.75. The average molecular weight is 291 g/mol. The van der Waals surface area contributed by atoms with E-state index in [4.69, 9.17) is 10.5 Å². The number of carbonyl (C=O) groups is 1. The van der Waals surface area contributed by atoms with E-state index in [1.165, 1.54) is 4.88 Å². The Kier molecular flexibility index (Phi) is 5.15. The number of nitrogens with two attached hydrogens (primary N) is 1. The van der Waals surface area contributed by atoms with Gasteiger partial charge in [0, 0.05) is 11.3 Å². The lowest BCUT2D eigenvalue weighted by Gasteiger charge is -2.11. The van der Waals surface area contributed by atoms with Gasteiger partial charge in [0.05, 0.1) is 6.61 Å². The van der Waals surface area contributed by atoms with Crippen LogP contribution in [0.3, 0.4) is 0 Å². The van der Waals surface area contributed by atoms with Gasteiger partial charge < -0.3 is 15.6 Å². The molecule has 106 valence electrons. The second-order valence-electron chi connectivity index (χ2n) is 4.47. The van der Waals surface area contributed by atoms with E-state index >= 15 is 0 Å². The molecule has 0 aliphatic heterocycles. The Bertz CT molecular complexity index is 537. The Morgan fingerprint density at radius 2 is 2.05 bits per heavy atom. The van der Waals surface area contributed by atoms with Crippen LogP contribution >= 0.6 is 11.3 Å². The van der Waals surface area contributed by atoms with Gasteiger partial charge in [-0.1, -0.05) is 18.2 Å². The van der Waals surface area contributed by atoms with Crippen molar-refractivity contribution in [2.75, 3.05) is 6.61 Å². The number of thiophene rings is 1. The predicted molar refractivity (Wildman–Crippen MR) is 78.8 cm³/mol. The molecule has 4 nitrogen and oxygen atoms in total. The van der Waals surface area contributed by atoms with Crippen molar-refractivity contribution >= 4 is 17.3 Å². The molecular weight excluding hydrogens is 274 g/mol. The second-order valence-corrected chi connectivity index (χ2v) is 5.51. The van der Waals surface area contributed by atoms with E-state index in [0.717, 1.165) is 12.0 Å². The number of esters is 1. The minimum absolute atomic E-state index is 0.195. The fourth-order valence-corrected chi connectivity index (χ4v) is 2.47. The summed E-state index contributed by atoms with van der Waals surface area (Å²) in [5.74, 6) is -0.199. The minimum Gasteiger partial charge on any atom is -0.508 e. The van der Waals surface area contributed by atoms with Gasteiger partial charge in [-0.05, 0) is 35.6 Å². The number of phenolic OH excluding ortho intramolecular Hbond substituents is 1. The molecule has 0 bridgehead atoms. The van der Waals surface area contributed by atoms with E-state index in [1.54, 1.807) is 35.6 Å². The Labute approximate surface area is 121 Å². The lowest BCUT2D eigenvalue weighted by molar-refractivity contribution is -0.145. The molecule has 0 amide bonds. The summed E-state index contributed by atoms with van der Waals surface area (Å²) in [4.78, 5) is 12.9. The smallest absolute Gasteiger partial charge is 0.323 e. The zero-order valence-corrected chi connectivity index (χ0v) is 11.8. The molecule has 0 radical (unpaired) electrons. The first kappa shape index (κ1) is 14.6. The van der Waals surface area contributed by atoms with Crippen molar-refractivity contribution in [3.8, 4) is 5.75 Å². The standard InChI is InChI=1S/C15H17NO3S/c16-14(10-11-3-5-12(17)6-4-11)15(18)19-8-7-13-2-1-9-20-13/h1-6,9,14,17H,7-8,10,16H2. The first-order chi connectivity index (χ1) is 9.65. The lowest BCUT2D eigenvalue weighted by atomic mass is 10.1. The topological polar surface area (TPSA) is 72.5 Å². The molecule has 1 aromatic carbocycles. The van der Waals surface area contributed by atoms with E-state index in [1.807, 2.05) is 17.5 Å². The zero-order chi connectivity index (χ0) is 14.4. The Morgan fingerprint density at radius 1 is 1.30 bits per heavy atom. The number of hydrogen-bond acceptors (Lipinski definition) is 5. The normalized spacial score (nSPS) is 12.1. The highest BCUT2D eigenvalue weighted by molar-refractivity contribution is 7.09. The maximum absolute atomic E-state index is 11.7. The zero-order valence-electron chi connectivity index (χ0n) is 11.0. The number of rotatable bonds is 6. The summed E-state index contributed by atoms with van der Waals surface area (Å²) in [6.07, 6.45) is 1.12. The highest BCUT2D eigenvalue weighted by atomic mass is 32.1. The van der Waals surface area contributed by atoms with E-state index in [0.29, 0.717) is 13.0 Å². The molecule has 0 saturated carbocycles. The summed E-state index contributed by atoms with van der Waals surface area (Å²) in [6, 6.07) is 9.94. The van der Waals surface area contributed by atoms with E-state index in [9.17, 15) is 9.90 Å². The summed E-state index contributed by atoms with van der Waals surface area (Å²) in [6.45, 7) is 0.350. The van der Waals surface area contributed by atoms with Gasteiger partial charge in [0.25, 0.3) is 0 Å². The summed E-state index contributed by atoms with van der Waals surface area (Å²) in [7, 11) is 0. The molecule has 2 aromatic rings. The molecule has 0 aliphatic rings. The fourth-order valence-electron chi connectivity index (χ4n) is 1.78. The third-order valence-corrected chi connectivity index (χ3v) is 3.80. The molecule has 0 spiro atoms. The lowest BCUT2D eigenvalue weighted by Crippen LogP contribution is -2.34. The van der Waals surface area contributed by atoms with Gasteiger partial charge in [-0.25, -0.2) is 0 Å². The molecule has 20 heavy (non-hydrogen) atoms. The molecular formula is C15H17NO3S. The summed E-state index contributed by atoms with van der Waals surface area (Å²) >= 11 is 1.64. The molecule has 5 heteroatoms. The second kappa shape index (κ2) is 7.07. The predicted octanol–water partition coefficient (Wildman–Crippen LogP) is 2.11. The molecule has 3 N–H and O–H groups in total.